The lowest BCUT2D eigenvalue weighted by Crippen LogP contribution is -2.14. The number of carbonyl (C=O) groups excluding carboxylic acids is 1. The van der Waals surface area contributed by atoms with Crippen molar-refractivity contribution < 1.29 is 10.0 Å². The van der Waals surface area contributed by atoms with Gasteiger partial charge in [0.15, 0.2) is 0 Å². The zero-order valence-corrected chi connectivity index (χ0v) is 9.34. The third kappa shape index (κ3) is 2.68. The van der Waals surface area contributed by atoms with E-state index in [1.807, 2.05) is 37.3 Å². The summed E-state index contributed by atoms with van der Waals surface area (Å²) < 4.78 is 0. The van der Waals surface area contributed by atoms with Crippen LogP contribution in [0.4, 0.5) is 0 Å². The van der Waals surface area contributed by atoms with Gasteiger partial charge in [-0.05, 0) is 30.7 Å². The summed E-state index contributed by atoms with van der Waals surface area (Å²) in [7, 11) is 0. The second-order valence-corrected chi connectivity index (χ2v) is 3.74. The lowest BCUT2D eigenvalue weighted by Gasteiger charge is -2.00. The normalized spacial score (nSPS) is 10.9. The van der Waals surface area contributed by atoms with Crippen molar-refractivity contribution >= 4 is 22.9 Å². The van der Waals surface area contributed by atoms with Crippen LogP contribution in [0.5, 0.6) is 0 Å². The molecule has 0 aliphatic rings. The molecule has 1 heterocycles. The van der Waals surface area contributed by atoms with Gasteiger partial charge in [-0.15, -0.1) is 0 Å². The van der Waals surface area contributed by atoms with E-state index in [0.717, 1.165) is 16.5 Å². The SMILES string of the molecule is Cc1ccc2ccc(/C=C/C(=O)NO)nc2c1. The van der Waals surface area contributed by atoms with Gasteiger partial charge in [0.2, 0.25) is 0 Å². The van der Waals surface area contributed by atoms with Crippen LogP contribution in [0.1, 0.15) is 11.3 Å². The second kappa shape index (κ2) is 4.76. The number of hydrogen-bond donors (Lipinski definition) is 2. The van der Waals surface area contributed by atoms with E-state index in [0.29, 0.717) is 5.69 Å². The second-order valence-electron chi connectivity index (χ2n) is 3.74. The highest BCUT2D eigenvalue weighted by atomic mass is 16.5. The zero-order chi connectivity index (χ0) is 12.3. The van der Waals surface area contributed by atoms with E-state index in [1.165, 1.54) is 11.6 Å². The maximum atomic E-state index is 10.8. The van der Waals surface area contributed by atoms with Crippen molar-refractivity contribution in [2.45, 2.75) is 6.92 Å². The Morgan fingerprint density at radius 2 is 2.12 bits per heavy atom. The molecule has 0 atom stereocenters. The van der Waals surface area contributed by atoms with E-state index >= 15 is 0 Å². The monoisotopic (exact) mass is 228 g/mol. The summed E-state index contributed by atoms with van der Waals surface area (Å²) in [6.07, 6.45) is 2.78. The topological polar surface area (TPSA) is 62.2 Å². The van der Waals surface area contributed by atoms with Gasteiger partial charge in [0, 0.05) is 11.5 Å². The number of amides is 1. The highest BCUT2D eigenvalue weighted by Crippen LogP contribution is 2.14. The van der Waals surface area contributed by atoms with E-state index in [-0.39, 0.29) is 0 Å². The molecule has 17 heavy (non-hydrogen) atoms. The number of aryl methyl sites for hydroxylation is 1. The molecule has 0 unspecified atom stereocenters. The largest absolute Gasteiger partial charge is 0.288 e. The first-order valence-electron chi connectivity index (χ1n) is 5.18. The summed E-state index contributed by atoms with van der Waals surface area (Å²) >= 11 is 0. The average Bonchev–Trinajstić information content (AvgIpc) is 2.35. The fourth-order valence-electron chi connectivity index (χ4n) is 1.53. The summed E-state index contributed by atoms with van der Waals surface area (Å²) in [5.74, 6) is -0.573. The first-order chi connectivity index (χ1) is 8.19. The molecule has 0 aliphatic heterocycles. The standard InChI is InChI=1S/C13H12N2O2/c1-9-2-3-10-4-5-11(14-12(10)8-9)6-7-13(16)15-17/h2-8,17H,1H3,(H,15,16)/b7-6+. The van der Waals surface area contributed by atoms with Crippen molar-refractivity contribution in [3.63, 3.8) is 0 Å². The highest BCUT2D eigenvalue weighted by molar-refractivity contribution is 5.91. The summed E-state index contributed by atoms with van der Waals surface area (Å²) in [5, 5.41) is 9.40. The van der Waals surface area contributed by atoms with Gasteiger partial charge in [-0.2, -0.15) is 0 Å². The fourth-order valence-corrected chi connectivity index (χ4v) is 1.53. The van der Waals surface area contributed by atoms with Crippen molar-refractivity contribution in [2.75, 3.05) is 0 Å². The molecule has 4 heteroatoms. The molecule has 0 saturated carbocycles. The maximum Gasteiger partial charge on any atom is 0.267 e. The van der Waals surface area contributed by atoms with Crippen molar-refractivity contribution in [1.29, 1.82) is 0 Å². The quantitative estimate of drug-likeness (QED) is 0.470. The van der Waals surface area contributed by atoms with Gasteiger partial charge in [-0.1, -0.05) is 18.2 Å². The Bertz CT molecular complexity index is 591. The van der Waals surface area contributed by atoms with Gasteiger partial charge in [-0.3, -0.25) is 10.0 Å². The van der Waals surface area contributed by atoms with E-state index in [9.17, 15) is 4.79 Å². The highest BCUT2D eigenvalue weighted by Gasteiger charge is 1.97. The third-order valence-electron chi connectivity index (χ3n) is 2.38. The molecule has 0 saturated heterocycles. The van der Waals surface area contributed by atoms with Crippen LogP contribution >= 0.6 is 0 Å². The van der Waals surface area contributed by atoms with E-state index < -0.39 is 5.91 Å². The number of nitrogens with zero attached hydrogens (tertiary/aromatic N) is 1. The fraction of sp³-hybridized carbons (Fsp3) is 0.0769. The number of rotatable bonds is 2. The molecule has 2 rings (SSSR count). The summed E-state index contributed by atoms with van der Waals surface area (Å²) in [6.45, 7) is 2.00. The number of hydrogen-bond acceptors (Lipinski definition) is 3. The van der Waals surface area contributed by atoms with Gasteiger partial charge in [0.1, 0.15) is 0 Å². The van der Waals surface area contributed by atoms with Crippen molar-refractivity contribution in [3.8, 4) is 0 Å². The number of hydroxylamine groups is 1. The number of fused-ring (bicyclic) bond motifs is 1. The van der Waals surface area contributed by atoms with Gasteiger partial charge in [-0.25, -0.2) is 10.5 Å². The molecule has 0 radical (unpaired) electrons. The van der Waals surface area contributed by atoms with Crippen LogP contribution in [0.25, 0.3) is 17.0 Å². The Hall–Kier alpha value is -2.20. The third-order valence-corrected chi connectivity index (χ3v) is 2.38. The molecule has 0 fully saturated rings. The Balaban J connectivity index is 2.37. The van der Waals surface area contributed by atoms with Crippen molar-refractivity contribution in [3.05, 3.63) is 47.7 Å². The first kappa shape index (κ1) is 11.3. The van der Waals surface area contributed by atoms with Crippen LogP contribution < -0.4 is 5.48 Å². The van der Waals surface area contributed by atoms with Crippen LogP contribution in [-0.4, -0.2) is 16.1 Å². The number of pyridine rings is 1. The van der Waals surface area contributed by atoms with E-state index in [4.69, 9.17) is 5.21 Å². The number of nitrogens with one attached hydrogen (secondary N) is 1. The van der Waals surface area contributed by atoms with Crippen LogP contribution in [0.15, 0.2) is 36.4 Å². The molecule has 1 aromatic carbocycles. The molecule has 1 amide bonds. The summed E-state index contributed by atoms with van der Waals surface area (Å²) in [5.41, 5.74) is 4.22. The smallest absolute Gasteiger partial charge is 0.267 e. The van der Waals surface area contributed by atoms with Gasteiger partial charge in [0.25, 0.3) is 5.91 Å². The summed E-state index contributed by atoms with van der Waals surface area (Å²) in [6, 6.07) is 9.78. The number of aromatic nitrogens is 1. The minimum absolute atomic E-state index is 0.573. The Morgan fingerprint density at radius 1 is 1.35 bits per heavy atom. The minimum Gasteiger partial charge on any atom is -0.288 e. The molecule has 4 nitrogen and oxygen atoms in total. The van der Waals surface area contributed by atoms with Crippen molar-refractivity contribution in [2.24, 2.45) is 0 Å². The lowest BCUT2D eigenvalue weighted by molar-refractivity contribution is -0.124. The molecular weight excluding hydrogens is 216 g/mol. The lowest BCUT2D eigenvalue weighted by atomic mass is 10.1. The van der Waals surface area contributed by atoms with Gasteiger partial charge in [0.05, 0.1) is 11.2 Å². The minimum atomic E-state index is -0.573. The summed E-state index contributed by atoms with van der Waals surface area (Å²) in [4.78, 5) is 15.2. The van der Waals surface area contributed by atoms with Gasteiger partial charge < -0.3 is 0 Å². The zero-order valence-electron chi connectivity index (χ0n) is 9.34. The molecule has 1 aromatic heterocycles. The Labute approximate surface area is 98.6 Å². The predicted molar refractivity (Wildman–Crippen MR) is 65.4 cm³/mol. The molecular formula is C13H12N2O2. The van der Waals surface area contributed by atoms with E-state index in [2.05, 4.69) is 4.98 Å². The Morgan fingerprint density at radius 3 is 2.88 bits per heavy atom. The van der Waals surface area contributed by atoms with Crippen LogP contribution in [0.2, 0.25) is 0 Å². The Kier molecular flexibility index (Phi) is 3.16. The first-order valence-corrected chi connectivity index (χ1v) is 5.18. The van der Waals surface area contributed by atoms with E-state index in [1.54, 1.807) is 6.08 Å². The molecule has 86 valence electrons. The molecule has 0 spiro atoms. The van der Waals surface area contributed by atoms with Gasteiger partial charge >= 0.3 is 0 Å². The van der Waals surface area contributed by atoms with Crippen LogP contribution in [-0.2, 0) is 4.79 Å². The van der Waals surface area contributed by atoms with Crippen LogP contribution in [0, 0.1) is 6.92 Å². The number of carbonyl (C=O) groups is 1. The molecule has 2 N–H and O–H groups in total. The molecule has 0 bridgehead atoms. The number of benzene rings is 1. The van der Waals surface area contributed by atoms with Crippen LogP contribution in [0.3, 0.4) is 0 Å². The maximum absolute atomic E-state index is 10.8. The molecule has 2 aromatic rings. The predicted octanol–water partition coefficient (Wildman–Crippen LogP) is 2.06. The average molecular weight is 228 g/mol. The molecule has 0 aliphatic carbocycles. The van der Waals surface area contributed by atoms with Crippen molar-refractivity contribution in [1.82, 2.24) is 10.5 Å².